The Morgan fingerprint density at radius 3 is 2.50 bits per heavy atom. The molecule has 0 aromatic heterocycles. The first kappa shape index (κ1) is 13.4. The summed E-state index contributed by atoms with van der Waals surface area (Å²) in [7, 11) is 0. The first-order chi connectivity index (χ1) is 8.31. The molecule has 6 heteroatoms. The van der Waals surface area contributed by atoms with Gasteiger partial charge in [-0.15, -0.1) is 0 Å². The summed E-state index contributed by atoms with van der Waals surface area (Å²) in [6, 6.07) is 0. The normalized spacial score (nSPS) is 24.7. The van der Waals surface area contributed by atoms with E-state index in [-0.39, 0.29) is 17.9 Å². The topological polar surface area (TPSA) is 66.5 Å². The van der Waals surface area contributed by atoms with Gasteiger partial charge in [-0.1, -0.05) is 0 Å². The molecule has 1 aliphatic heterocycles. The second-order valence-electron chi connectivity index (χ2n) is 5.75. The minimum Gasteiger partial charge on any atom is -0.319 e. The number of nitrogens with one attached hydrogen (secondary N) is 1. The number of imide groups is 1. The van der Waals surface area contributed by atoms with Crippen LogP contribution >= 0.6 is 12.6 Å². The van der Waals surface area contributed by atoms with E-state index in [9.17, 15) is 14.4 Å². The van der Waals surface area contributed by atoms with Crippen LogP contribution < -0.4 is 5.32 Å². The van der Waals surface area contributed by atoms with Gasteiger partial charge in [-0.3, -0.25) is 19.7 Å². The first-order valence-electron chi connectivity index (χ1n) is 6.06. The van der Waals surface area contributed by atoms with E-state index in [2.05, 4.69) is 17.9 Å². The van der Waals surface area contributed by atoms with Gasteiger partial charge in [-0.2, -0.15) is 12.6 Å². The van der Waals surface area contributed by atoms with Gasteiger partial charge in [-0.25, -0.2) is 0 Å². The molecular weight excluding hydrogens is 252 g/mol. The standard InChI is InChI=1S/C12H18N2O3S/c1-11(2)10(17)13-8(15)6-14(11)9(16)5-12(7-18)3-4-12/h18H,3-7H2,1-2H3,(H,13,15,17). The molecule has 0 atom stereocenters. The summed E-state index contributed by atoms with van der Waals surface area (Å²) in [6.07, 6.45) is 2.37. The summed E-state index contributed by atoms with van der Waals surface area (Å²) in [4.78, 5) is 36.8. The molecule has 1 saturated carbocycles. The van der Waals surface area contributed by atoms with Gasteiger partial charge in [-0.05, 0) is 37.9 Å². The van der Waals surface area contributed by atoms with Crippen molar-refractivity contribution in [3.05, 3.63) is 0 Å². The van der Waals surface area contributed by atoms with Crippen molar-refractivity contribution >= 4 is 30.4 Å². The molecule has 18 heavy (non-hydrogen) atoms. The van der Waals surface area contributed by atoms with Gasteiger partial charge in [0, 0.05) is 6.42 Å². The maximum atomic E-state index is 12.3. The Labute approximate surface area is 112 Å². The van der Waals surface area contributed by atoms with Crippen molar-refractivity contribution in [2.24, 2.45) is 5.41 Å². The molecule has 3 amide bonds. The summed E-state index contributed by atoms with van der Waals surface area (Å²) in [5.41, 5.74) is -0.967. The van der Waals surface area contributed by atoms with Crippen LogP contribution in [0.1, 0.15) is 33.1 Å². The van der Waals surface area contributed by atoms with Gasteiger partial charge in [0.2, 0.25) is 11.8 Å². The molecule has 0 radical (unpaired) electrons. The third-order valence-electron chi connectivity index (χ3n) is 3.90. The van der Waals surface area contributed by atoms with Crippen LogP contribution in [-0.4, -0.2) is 40.5 Å². The van der Waals surface area contributed by atoms with Gasteiger partial charge in [0.1, 0.15) is 12.1 Å². The zero-order valence-electron chi connectivity index (χ0n) is 10.7. The average molecular weight is 270 g/mol. The smallest absolute Gasteiger partial charge is 0.252 e. The third-order valence-corrected chi connectivity index (χ3v) is 4.58. The molecule has 2 rings (SSSR count). The van der Waals surface area contributed by atoms with E-state index in [0.29, 0.717) is 12.2 Å². The molecule has 1 saturated heterocycles. The Morgan fingerprint density at radius 2 is 2.00 bits per heavy atom. The predicted molar refractivity (Wildman–Crippen MR) is 69.1 cm³/mol. The summed E-state index contributed by atoms with van der Waals surface area (Å²) in [5.74, 6) is -0.284. The highest BCUT2D eigenvalue weighted by Gasteiger charge is 2.48. The quantitative estimate of drug-likeness (QED) is 0.574. The lowest BCUT2D eigenvalue weighted by Gasteiger charge is -2.40. The number of hydrogen-bond acceptors (Lipinski definition) is 4. The van der Waals surface area contributed by atoms with Crippen molar-refractivity contribution in [1.82, 2.24) is 10.2 Å². The van der Waals surface area contributed by atoms with E-state index in [1.165, 1.54) is 4.90 Å². The minimum absolute atomic E-state index is 0.00670. The Bertz CT molecular complexity index is 416. The fourth-order valence-electron chi connectivity index (χ4n) is 2.17. The van der Waals surface area contributed by atoms with Crippen LogP contribution in [0.3, 0.4) is 0 Å². The molecule has 0 aromatic rings. The zero-order chi connectivity index (χ0) is 13.6. The number of rotatable bonds is 3. The number of amides is 3. The van der Waals surface area contributed by atoms with Gasteiger partial charge >= 0.3 is 0 Å². The number of nitrogens with zero attached hydrogens (tertiary/aromatic N) is 1. The molecule has 0 spiro atoms. The van der Waals surface area contributed by atoms with E-state index in [1.807, 2.05) is 0 Å². The largest absolute Gasteiger partial charge is 0.319 e. The molecule has 1 heterocycles. The number of piperazine rings is 1. The third kappa shape index (κ3) is 2.25. The van der Waals surface area contributed by atoms with Gasteiger partial charge < -0.3 is 4.90 Å². The SMILES string of the molecule is CC1(C)C(=O)NC(=O)CN1C(=O)CC1(CS)CC1. The monoisotopic (exact) mass is 270 g/mol. The molecule has 100 valence electrons. The first-order valence-corrected chi connectivity index (χ1v) is 6.70. The average Bonchev–Trinajstić information content (AvgIpc) is 3.04. The molecule has 0 bridgehead atoms. The van der Waals surface area contributed by atoms with E-state index in [0.717, 1.165) is 12.8 Å². The van der Waals surface area contributed by atoms with Crippen LogP contribution in [0.5, 0.6) is 0 Å². The molecular formula is C12H18N2O3S. The maximum Gasteiger partial charge on any atom is 0.252 e. The van der Waals surface area contributed by atoms with Crippen LogP contribution in [0.2, 0.25) is 0 Å². The summed E-state index contributed by atoms with van der Waals surface area (Å²) < 4.78 is 0. The fourth-order valence-corrected chi connectivity index (χ4v) is 2.59. The van der Waals surface area contributed by atoms with Crippen LogP contribution in [0.15, 0.2) is 0 Å². The van der Waals surface area contributed by atoms with Gasteiger partial charge in [0.25, 0.3) is 5.91 Å². The Hall–Kier alpha value is -1.04. The van der Waals surface area contributed by atoms with E-state index >= 15 is 0 Å². The molecule has 1 N–H and O–H groups in total. The van der Waals surface area contributed by atoms with Crippen LogP contribution in [0, 0.1) is 5.41 Å². The van der Waals surface area contributed by atoms with Crippen LogP contribution in [0.4, 0.5) is 0 Å². The van der Waals surface area contributed by atoms with Crippen molar-refractivity contribution in [2.45, 2.75) is 38.6 Å². The van der Waals surface area contributed by atoms with Crippen LogP contribution in [0.25, 0.3) is 0 Å². The summed E-state index contributed by atoms with van der Waals surface area (Å²) in [6.45, 7) is 3.28. The minimum atomic E-state index is -0.961. The lowest BCUT2D eigenvalue weighted by molar-refractivity contribution is -0.156. The number of carbonyl (C=O) groups excluding carboxylic acids is 3. The van der Waals surface area contributed by atoms with Gasteiger partial charge in [0.05, 0.1) is 0 Å². The van der Waals surface area contributed by atoms with Crippen LogP contribution in [-0.2, 0) is 14.4 Å². The highest BCUT2D eigenvalue weighted by Crippen LogP contribution is 2.50. The Morgan fingerprint density at radius 1 is 1.39 bits per heavy atom. The summed E-state index contributed by atoms with van der Waals surface area (Å²) in [5, 5.41) is 2.26. The molecule has 5 nitrogen and oxygen atoms in total. The van der Waals surface area contributed by atoms with E-state index < -0.39 is 17.4 Å². The van der Waals surface area contributed by atoms with Crippen molar-refractivity contribution in [3.8, 4) is 0 Å². The summed E-state index contributed by atoms with van der Waals surface area (Å²) >= 11 is 4.26. The molecule has 1 aliphatic carbocycles. The van der Waals surface area contributed by atoms with Gasteiger partial charge in [0.15, 0.2) is 0 Å². The molecule has 2 aliphatic rings. The molecule has 0 unspecified atom stereocenters. The number of thiol groups is 1. The maximum absolute atomic E-state index is 12.3. The highest BCUT2D eigenvalue weighted by molar-refractivity contribution is 7.80. The molecule has 2 fully saturated rings. The second kappa shape index (κ2) is 4.26. The number of carbonyl (C=O) groups is 3. The van der Waals surface area contributed by atoms with Crippen molar-refractivity contribution in [3.63, 3.8) is 0 Å². The lowest BCUT2D eigenvalue weighted by Crippen LogP contribution is -2.65. The predicted octanol–water partition coefficient (Wildman–Crippen LogP) is 0.350. The second-order valence-corrected chi connectivity index (χ2v) is 6.07. The fraction of sp³-hybridized carbons (Fsp3) is 0.750. The molecule has 0 aromatic carbocycles. The van der Waals surface area contributed by atoms with Crippen molar-refractivity contribution in [2.75, 3.05) is 12.3 Å². The van der Waals surface area contributed by atoms with E-state index in [4.69, 9.17) is 0 Å². The lowest BCUT2D eigenvalue weighted by atomic mass is 9.96. The highest BCUT2D eigenvalue weighted by atomic mass is 32.1. The van der Waals surface area contributed by atoms with E-state index in [1.54, 1.807) is 13.8 Å². The Kier molecular flexibility index (Phi) is 3.17. The zero-order valence-corrected chi connectivity index (χ0v) is 11.5. The van der Waals surface area contributed by atoms with Crippen molar-refractivity contribution < 1.29 is 14.4 Å². The van der Waals surface area contributed by atoms with Crippen molar-refractivity contribution in [1.29, 1.82) is 0 Å². The Balaban J connectivity index is 2.12. The number of hydrogen-bond donors (Lipinski definition) is 2.